The summed E-state index contributed by atoms with van der Waals surface area (Å²) in [6, 6.07) is 18.5. The molecule has 2 rings (SSSR count). The molecule has 25 heavy (non-hydrogen) atoms. The van der Waals surface area contributed by atoms with Crippen LogP contribution in [0.1, 0.15) is 32.8 Å². The molecule has 0 fully saturated rings. The van der Waals surface area contributed by atoms with Gasteiger partial charge in [0.1, 0.15) is 5.75 Å². The van der Waals surface area contributed by atoms with Gasteiger partial charge in [0.25, 0.3) is 0 Å². The average Bonchev–Trinajstić information content (AvgIpc) is 2.60. The molecule has 0 amide bonds. The predicted molar refractivity (Wildman–Crippen MR) is 110 cm³/mol. The van der Waals surface area contributed by atoms with E-state index in [1.54, 1.807) is 0 Å². The van der Waals surface area contributed by atoms with E-state index in [2.05, 4.69) is 47.9 Å². The summed E-state index contributed by atoms with van der Waals surface area (Å²) in [4.78, 5) is 0. The van der Waals surface area contributed by atoms with Crippen molar-refractivity contribution < 1.29 is 4.74 Å². The monoisotopic (exact) mass is 356 g/mol. The Morgan fingerprint density at radius 2 is 1.72 bits per heavy atom. The summed E-state index contributed by atoms with van der Waals surface area (Å²) < 4.78 is 5.65. The summed E-state index contributed by atoms with van der Waals surface area (Å²) in [6.07, 6.45) is 2.36. The van der Waals surface area contributed by atoms with E-state index < -0.39 is 0 Å². The Balaban J connectivity index is 1.79. The van der Waals surface area contributed by atoms with Gasteiger partial charge in [-0.1, -0.05) is 43.7 Å². The molecule has 4 heteroatoms. The van der Waals surface area contributed by atoms with Crippen LogP contribution in [0.4, 0.5) is 5.69 Å². The highest BCUT2D eigenvalue weighted by Crippen LogP contribution is 2.17. The summed E-state index contributed by atoms with van der Waals surface area (Å²) in [7, 11) is 0. The highest BCUT2D eigenvalue weighted by Gasteiger charge is 2.08. The molecule has 0 bridgehead atoms. The lowest BCUT2D eigenvalue weighted by Gasteiger charge is -2.18. The number of rotatable bonds is 8. The molecule has 0 aliphatic rings. The fourth-order valence-corrected chi connectivity index (χ4v) is 2.81. The van der Waals surface area contributed by atoms with E-state index in [0.29, 0.717) is 11.0 Å². The van der Waals surface area contributed by atoms with Gasteiger partial charge in [-0.2, -0.15) is 0 Å². The third-order valence-corrected chi connectivity index (χ3v) is 4.23. The second kappa shape index (κ2) is 10.0. The van der Waals surface area contributed by atoms with Crippen LogP contribution in [-0.2, 0) is 6.42 Å². The number of hydrogen-bond donors (Lipinski definition) is 2. The van der Waals surface area contributed by atoms with E-state index in [1.165, 1.54) is 5.56 Å². The van der Waals surface area contributed by atoms with Crippen molar-refractivity contribution in [2.24, 2.45) is 5.92 Å². The number of anilines is 1. The van der Waals surface area contributed by atoms with Gasteiger partial charge in [-0.05, 0) is 68.2 Å². The molecule has 2 aromatic carbocycles. The third-order valence-electron chi connectivity index (χ3n) is 3.98. The molecule has 0 saturated carbocycles. The zero-order valence-electron chi connectivity index (χ0n) is 15.3. The van der Waals surface area contributed by atoms with Crippen LogP contribution in [0.2, 0.25) is 0 Å². The second-order valence-electron chi connectivity index (χ2n) is 6.49. The Labute approximate surface area is 156 Å². The van der Waals surface area contributed by atoms with Crippen LogP contribution in [0.3, 0.4) is 0 Å². The van der Waals surface area contributed by atoms with Gasteiger partial charge in [0.2, 0.25) is 0 Å². The number of thiocarbonyl (C=S) groups is 1. The lowest BCUT2D eigenvalue weighted by atomic mass is 9.97. The van der Waals surface area contributed by atoms with E-state index in [-0.39, 0.29) is 6.10 Å². The first-order valence-corrected chi connectivity index (χ1v) is 9.33. The smallest absolute Gasteiger partial charge is 0.170 e. The van der Waals surface area contributed by atoms with Crippen molar-refractivity contribution in [3.63, 3.8) is 0 Å². The fourth-order valence-electron chi connectivity index (χ4n) is 2.61. The summed E-state index contributed by atoms with van der Waals surface area (Å²) in [5.41, 5.74) is 2.33. The van der Waals surface area contributed by atoms with Crippen molar-refractivity contribution >= 4 is 23.0 Å². The molecule has 3 nitrogen and oxygen atoms in total. The van der Waals surface area contributed by atoms with Gasteiger partial charge in [0.15, 0.2) is 5.11 Å². The molecule has 0 aliphatic heterocycles. The summed E-state index contributed by atoms with van der Waals surface area (Å²) in [5.74, 6) is 1.43. The molecular formula is C21H28N2OS. The molecule has 2 N–H and O–H groups in total. The van der Waals surface area contributed by atoms with Crippen LogP contribution >= 0.6 is 12.2 Å². The molecule has 0 spiro atoms. The van der Waals surface area contributed by atoms with Crippen molar-refractivity contribution in [3.05, 3.63) is 60.2 Å². The molecule has 0 aromatic heterocycles. The van der Waals surface area contributed by atoms with Gasteiger partial charge >= 0.3 is 0 Å². The quantitative estimate of drug-likeness (QED) is 0.650. The van der Waals surface area contributed by atoms with Crippen molar-refractivity contribution in [1.82, 2.24) is 5.32 Å². The van der Waals surface area contributed by atoms with Crippen LogP contribution in [0.5, 0.6) is 5.75 Å². The summed E-state index contributed by atoms with van der Waals surface area (Å²) in [5, 5.41) is 7.23. The Morgan fingerprint density at radius 3 is 2.32 bits per heavy atom. The van der Waals surface area contributed by atoms with Crippen LogP contribution in [0, 0.1) is 5.92 Å². The Kier molecular flexibility index (Phi) is 7.74. The minimum atomic E-state index is 0.178. The maximum atomic E-state index is 5.65. The standard InChI is InChI=1S/C21H28N2OS/c1-4-17(14-18-8-6-5-7-9-18)15-22-21(25)23-19-10-12-20(13-11-19)24-16(2)3/h5-13,16-17H,4,14-15H2,1-3H3,(H2,22,23,25). The molecule has 0 aliphatic carbocycles. The molecule has 134 valence electrons. The maximum Gasteiger partial charge on any atom is 0.170 e. The lowest BCUT2D eigenvalue weighted by molar-refractivity contribution is 0.242. The Morgan fingerprint density at radius 1 is 1.04 bits per heavy atom. The fraction of sp³-hybridized carbons (Fsp3) is 0.381. The molecule has 0 heterocycles. The maximum absolute atomic E-state index is 5.65. The zero-order valence-corrected chi connectivity index (χ0v) is 16.1. The van der Waals surface area contributed by atoms with Gasteiger partial charge in [0, 0.05) is 12.2 Å². The van der Waals surface area contributed by atoms with E-state index in [0.717, 1.165) is 30.8 Å². The molecule has 0 radical (unpaired) electrons. The number of benzene rings is 2. The first-order valence-electron chi connectivity index (χ1n) is 8.92. The Hall–Kier alpha value is -2.07. The minimum absolute atomic E-state index is 0.178. The molecule has 0 saturated heterocycles. The van der Waals surface area contributed by atoms with E-state index in [1.807, 2.05) is 38.1 Å². The van der Waals surface area contributed by atoms with Crippen molar-refractivity contribution in [3.8, 4) is 5.75 Å². The van der Waals surface area contributed by atoms with Crippen molar-refractivity contribution in [2.45, 2.75) is 39.7 Å². The van der Waals surface area contributed by atoms with E-state index in [4.69, 9.17) is 17.0 Å². The van der Waals surface area contributed by atoms with Crippen LogP contribution in [0.25, 0.3) is 0 Å². The van der Waals surface area contributed by atoms with Crippen molar-refractivity contribution in [1.29, 1.82) is 0 Å². The van der Waals surface area contributed by atoms with Gasteiger partial charge in [-0.25, -0.2) is 0 Å². The number of nitrogens with one attached hydrogen (secondary N) is 2. The normalized spacial score (nSPS) is 11.8. The highest BCUT2D eigenvalue weighted by atomic mass is 32.1. The first-order chi connectivity index (χ1) is 12.1. The third kappa shape index (κ3) is 7.14. The van der Waals surface area contributed by atoms with Crippen LogP contribution in [-0.4, -0.2) is 17.8 Å². The molecule has 2 aromatic rings. The number of ether oxygens (including phenoxy) is 1. The van der Waals surface area contributed by atoms with E-state index in [9.17, 15) is 0 Å². The van der Waals surface area contributed by atoms with Crippen LogP contribution in [0.15, 0.2) is 54.6 Å². The topological polar surface area (TPSA) is 33.3 Å². The highest BCUT2D eigenvalue weighted by molar-refractivity contribution is 7.80. The van der Waals surface area contributed by atoms with Gasteiger partial charge in [-0.15, -0.1) is 0 Å². The van der Waals surface area contributed by atoms with Crippen LogP contribution < -0.4 is 15.4 Å². The van der Waals surface area contributed by atoms with Gasteiger partial charge < -0.3 is 15.4 Å². The minimum Gasteiger partial charge on any atom is -0.491 e. The predicted octanol–water partition coefficient (Wildman–Crippen LogP) is 5.03. The van der Waals surface area contributed by atoms with Crippen molar-refractivity contribution in [2.75, 3.05) is 11.9 Å². The lowest BCUT2D eigenvalue weighted by Crippen LogP contribution is -2.33. The molecule has 1 unspecified atom stereocenters. The largest absolute Gasteiger partial charge is 0.491 e. The molecule has 1 atom stereocenters. The van der Waals surface area contributed by atoms with Gasteiger partial charge in [-0.3, -0.25) is 0 Å². The zero-order chi connectivity index (χ0) is 18.1. The molecular weight excluding hydrogens is 328 g/mol. The summed E-state index contributed by atoms with van der Waals surface area (Å²) >= 11 is 5.42. The Bertz CT molecular complexity index is 641. The SMILES string of the molecule is CCC(CNC(=S)Nc1ccc(OC(C)C)cc1)Cc1ccccc1. The van der Waals surface area contributed by atoms with Gasteiger partial charge in [0.05, 0.1) is 6.10 Å². The average molecular weight is 357 g/mol. The summed E-state index contributed by atoms with van der Waals surface area (Å²) in [6.45, 7) is 7.13. The first kappa shape index (κ1) is 19.3. The van der Waals surface area contributed by atoms with E-state index >= 15 is 0 Å². The number of hydrogen-bond acceptors (Lipinski definition) is 2. The second-order valence-corrected chi connectivity index (χ2v) is 6.90.